The van der Waals surface area contributed by atoms with Gasteiger partial charge >= 0.3 is 6.09 Å². The van der Waals surface area contributed by atoms with Gasteiger partial charge < -0.3 is 14.8 Å². The molecule has 1 N–H and O–H groups in total. The van der Waals surface area contributed by atoms with E-state index in [-0.39, 0.29) is 12.1 Å². The zero-order valence-electron chi connectivity index (χ0n) is 15.3. The molecule has 2 aromatic rings. The first-order valence-corrected chi connectivity index (χ1v) is 9.42. The van der Waals surface area contributed by atoms with Gasteiger partial charge in [0.25, 0.3) is 0 Å². The zero-order chi connectivity index (χ0) is 18.2. The lowest BCUT2D eigenvalue weighted by Gasteiger charge is -2.14. The first-order valence-electron chi connectivity index (χ1n) is 9.42. The van der Waals surface area contributed by atoms with Crippen molar-refractivity contribution in [1.82, 2.24) is 5.32 Å². The van der Waals surface area contributed by atoms with Crippen LogP contribution in [0.25, 0.3) is 0 Å². The Kier molecular flexibility index (Phi) is 6.53. The van der Waals surface area contributed by atoms with Crippen LogP contribution < -0.4 is 10.1 Å². The molecule has 26 heavy (non-hydrogen) atoms. The number of alkyl carbamates (subject to hydrolysis) is 1. The van der Waals surface area contributed by atoms with E-state index in [1.807, 2.05) is 25.1 Å². The van der Waals surface area contributed by atoms with Gasteiger partial charge in [0, 0.05) is 6.04 Å². The van der Waals surface area contributed by atoms with Crippen LogP contribution in [0.1, 0.15) is 37.3 Å². The molecule has 138 valence electrons. The average molecular weight is 353 g/mol. The van der Waals surface area contributed by atoms with Crippen LogP contribution >= 0.6 is 0 Å². The van der Waals surface area contributed by atoms with Crippen LogP contribution in [0.4, 0.5) is 4.79 Å². The zero-order valence-corrected chi connectivity index (χ0v) is 15.3. The summed E-state index contributed by atoms with van der Waals surface area (Å²) in [6.45, 7) is 2.92. The number of rotatable bonds is 7. The summed E-state index contributed by atoms with van der Waals surface area (Å²) in [6, 6.07) is 19.0. The molecule has 2 atom stereocenters. The number of amides is 1. The van der Waals surface area contributed by atoms with E-state index in [2.05, 4.69) is 41.7 Å². The topological polar surface area (TPSA) is 47.6 Å². The highest BCUT2D eigenvalue weighted by Crippen LogP contribution is 2.27. The normalized spacial score (nSPS) is 19.1. The number of hydrogen-bond acceptors (Lipinski definition) is 3. The number of benzene rings is 2. The molecule has 0 bridgehead atoms. The second-order valence-electron chi connectivity index (χ2n) is 6.86. The lowest BCUT2D eigenvalue weighted by molar-refractivity contribution is 0.147. The van der Waals surface area contributed by atoms with Crippen molar-refractivity contribution in [2.24, 2.45) is 5.92 Å². The number of carbonyl (C=O) groups is 1. The number of ether oxygens (including phenoxy) is 2. The molecule has 1 aliphatic carbocycles. The van der Waals surface area contributed by atoms with Crippen LogP contribution in [-0.4, -0.2) is 25.3 Å². The second-order valence-corrected chi connectivity index (χ2v) is 6.86. The third-order valence-electron chi connectivity index (χ3n) is 4.80. The first kappa shape index (κ1) is 18.3. The van der Waals surface area contributed by atoms with Crippen molar-refractivity contribution in [2.45, 2.75) is 38.6 Å². The van der Waals surface area contributed by atoms with Crippen molar-refractivity contribution in [2.75, 3.05) is 13.2 Å². The molecule has 0 aromatic heterocycles. The molecule has 2 aromatic carbocycles. The van der Waals surface area contributed by atoms with Crippen LogP contribution in [0, 0.1) is 5.92 Å². The molecule has 0 aliphatic heterocycles. The van der Waals surface area contributed by atoms with Gasteiger partial charge in [-0.1, -0.05) is 42.5 Å². The summed E-state index contributed by atoms with van der Waals surface area (Å²) in [7, 11) is 0. The minimum Gasteiger partial charge on any atom is -0.493 e. The highest BCUT2D eigenvalue weighted by Gasteiger charge is 2.26. The van der Waals surface area contributed by atoms with Crippen molar-refractivity contribution >= 4 is 6.09 Å². The predicted octanol–water partition coefficient (Wildman–Crippen LogP) is 4.57. The number of carbonyl (C=O) groups excluding carboxylic acids is 1. The van der Waals surface area contributed by atoms with Gasteiger partial charge in [-0.15, -0.1) is 0 Å². The van der Waals surface area contributed by atoms with E-state index in [1.54, 1.807) is 0 Å². The molecule has 4 heteroatoms. The third kappa shape index (κ3) is 5.51. The molecular formula is C22H27NO3. The summed E-state index contributed by atoms with van der Waals surface area (Å²) in [5.74, 6) is 1.38. The first-order chi connectivity index (χ1) is 12.7. The Morgan fingerprint density at radius 2 is 1.77 bits per heavy atom. The quantitative estimate of drug-likeness (QED) is 0.793. The Morgan fingerprint density at radius 1 is 1.04 bits per heavy atom. The average Bonchev–Trinajstić information content (AvgIpc) is 3.09. The lowest BCUT2D eigenvalue weighted by Crippen LogP contribution is -2.33. The maximum Gasteiger partial charge on any atom is 0.407 e. The Bertz CT molecular complexity index is 684. The fraction of sp³-hybridized carbons (Fsp3) is 0.409. The Labute approximate surface area is 155 Å². The fourth-order valence-electron chi connectivity index (χ4n) is 3.45. The molecule has 1 amide bonds. The predicted molar refractivity (Wildman–Crippen MR) is 102 cm³/mol. The highest BCUT2D eigenvalue weighted by molar-refractivity contribution is 5.67. The molecule has 1 aliphatic rings. The largest absolute Gasteiger partial charge is 0.493 e. The SMILES string of the molecule is CCOC(=O)N[C@@H]1CC[C@H](COc2ccc(Cc3ccccc3)cc2)C1. The monoisotopic (exact) mass is 353 g/mol. The summed E-state index contributed by atoms with van der Waals surface area (Å²) in [5, 5.41) is 2.92. The lowest BCUT2D eigenvalue weighted by atomic mass is 10.1. The van der Waals surface area contributed by atoms with E-state index < -0.39 is 0 Å². The van der Waals surface area contributed by atoms with Crippen molar-refractivity contribution in [3.8, 4) is 5.75 Å². The van der Waals surface area contributed by atoms with Crippen LogP contribution in [0.5, 0.6) is 5.75 Å². The Balaban J connectivity index is 1.42. The molecular weight excluding hydrogens is 326 g/mol. The molecule has 4 nitrogen and oxygen atoms in total. The van der Waals surface area contributed by atoms with Crippen molar-refractivity contribution in [3.63, 3.8) is 0 Å². The molecule has 1 saturated carbocycles. The minimum absolute atomic E-state index is 0.205. The van der Waals surface area contributed by atoms with Gasteiger partial charge in [-0.2, -0.15) is 0 Å². The summed E-state index contributed by atoms with van der Waals surface area (Å²) >= 11 is 0. The van der Waals surface area contributed by atoms with Crippen molar-refractivity contribution in [3.05, 3.63) is 65.7 Å². The Hall–Kier alpha value is -2.49. The van der Waals surface area contributed by atoms with E-state index in [0.717, 1.165) is 31.4 Å². The van der Waals surface area contributed by atoms with Crippen LogP contribution in [-0.2, 0) is 11.2 Å². The molecule has 1 fully saturated rings. The van der Waals surface area contributed by atoms with Crippen LogP contribution in [0.3, 0.4) is 0 Å². The number of nitrogens with one attached hydrogen (secondary N) is 1. The standard InChI is InChI=1S/C22H27NO3/c1-2-25-22(24)23-20-11-8-19(15-20)16-26-21-12-9-18(10-13-21)14-17-6-4-3-5-7-17/h3-7,9-10,12-13,19-20H,2,8,11,14-16H2,1H3,(H,23,24)/t19-,20+/m0/s1. The van der Waals surface area contributed by atoms with Crippen LogP contribution in [0.15, 0.2) is 54.6 Å². The number of hydrogen-bond donors (Lipinski definition) is 1. The van der Waals surface area contributed by atoms with Crippen molar-refractivity contribution < 1.29 is 14.3 Å². The minimum atomic E-state index is -0.312. The van der Waals surface area contributed by atoms with Gasteiger partial charge in [0.15, 0.2) is 0 Å². The summed E-state index contributed by atoms with van der Waals surface area (Å²) < 4.78 is 10.9. The molecule has 3 rings (SSSR count). The third-order valence-corrected chi connectivity index (χ3v) is 4.80. The summed E-state index contributed by atoms with van der Waals surface area (Å²) in [5.41, 5.74) is 2.59. The molecule has 0 heterocycles. The van der Waals surface area contributed by atoms with Crippen molar-refractivity contribution in [1.29, 1.82) is 0 Å². The summed E-state index contributed by atoms with van der Waals surface area (Å²) in [4.78, 5) is 11.5. The summed E-state index contributed by atoms with van der Waals surface area (Å²) in [6.07, 6.45) is 3.63. The van der Waals surface area contributed by atoms with E-state index in [4.69, 9.17) is 9.47 Å². The van der Waals surface area contributed by atoms with Crippen LogP contribution in [0.2, 0.25) is 0 Å². The van der Waals surface area contributed by atoms with E-state index in [0.29, 0.717) is 19.1 Å². The van der Waals surface area contributed by atoms with Gasteiger partial charge in [-0.05, 0) is 61.8 Å². The molecule has 0 unspecified atom stereocenters. The maximum absolute atomic E-state index is 11.5. The van der Waals surface area contributed by atoms with Gasteiger partial charge in [0.05, 0.1) is 13.2 Å². The van der Waals surface area contributed by atoms with Gasteiger partial charge in [-0.3, -0.25) is 0 Å². The van der Waals surface area contributed by atoms with Gasteiger partial charge in [0.2, 0.25) is 0 Å². The smallest absolute Gasteiger partial charge is 0.407 e. The Morgan fingerprint density at radius 3 is 2.50 bits per heavy atom. The molecule has 0 saturated heterocycles. The van der Waals surface area contributed by atoms with E-state index >= 15 is 0 Å². The molecule has 0 spiro atoms. The van der Waals surface area contributed by atoms with Gasteiger partial charge in [0.1, 0.15) is 5.75 Å². The highest BCUT2D eigenvalue weighted by atomic mass is 16.5. The van der Waals surface area contributed by atoms with Gasteiger partial charge in [-0.25, -0.2) is 4.79 Å². The molecule has 0 radical (unpaired) electrons. The maximum atomic E-state index is 11.5. The van der Waals surface area contributed by atoms with E-state index in [9.17, 15) is 4.79 Å². The van der Waals surface area contributed by atoms with E-state index in [1.165, 1.54) is 11.1 Å². The fourth-order valence-corrected chi connectivity index (χ4v) is 3.45. The second kappa shape index (κ2) is 9.27.